The van der Waals surface area contributed by atoms with Crippen molar-refractivity contribution in [1.82, 2.24) is 15.3 Å². The van der Waals surface area contributed by atoms with Gasteiger partial charge in [-0.1, -0.05) is 12.1 Å². The molecule has 2 aromatic rings. The Morgan fingerprint density at radius 2 is 1.96 bits per heavy atom. The number of carbonyl (C=O) groups excluding carboxylic acids is 1. The normalized spacial score (nSPS) is 11.3. The Bertz CT molecular complexity index is 849. The molecule has 0 aliphatic carbocycles. The van der Waals surface area contributed by atoms with Gasteiger partial charge in [0, 0.05) is 7.05 Å². The number of aromatic nitrogens is 2. The molecule has 0 bridgehead atoms. The van der Waals surface area contributed by atoms with Crippen molar-refractivity contribution in [1.29, 1.82) is 0 Å². The maximum atomic E-state index is 12.9. The summed E-state index contributed by atoms with van der Waals surface area (Å²) < 4.78 is 43.8. The summed E-state index contributed by atoms with van der Waals surface area (Å²) in [5.41, 5.74) is -2.35. The number of hydroxylamine groups is 2. The van der Waals surface area contributed by atoms with E-state index in [0.717, 1.165) is 23.3 Å². The molecule has 0 aliphatic heterocycles. The third kappa shape index (κ3) is 3.63. The zero-order valence-electron chi connectivity index (χ0n) is 13.5. The summed E-state index contributed by atoms with van der Waals surface area (Å²) in [5, 5.41) is 6.54. The van der Waals surface area contributed by atoms with Crippen molar-refractivity contribution >= 4 is 5.91 Å². The van der Waals surface area contributed by atoms with E-state index in [9.17, 15) is 22.8 Å². The van der Waals surface area contributed by atoms with Crippen LogP contribution in [0.5, 0.6) is 5.75 Å². The second-order valence-electron chi connectivity index (χ2n) is 4.87. The van der Waals surface area contributed by atoms with Gasteiger partial charge >= 0.3 is 12.1 Å². The average molecular weight is 357 g/mol. The maximum Gasteiger partial charge on any atom is 0.416 e. The fourth-order valence-electron chi connectivity index (χ4n) is 2.12. The Kier molecular flexibility index (Phi) is 5.12. The number of carbonyl (C=O) groups is 1. The van der Waals surface area contributed by atoms with Gasteiger partial charge in [0.15, 0.2) is 11.4 Å². The molecule has 0 aliphatic rings. The fraction of sp³-hybridized carbons (Fsp3) is 0.267. The van der Waals surface area contributed by atoms with Crippen LogP contribution in [-0.4, -0.2) is 42.4 Å². The molecule has 1 amide bonds. The first-order valence-corrected chi connectivity index (χ1v) is 6.87. The van der Waals surface area contributed by atoms with Crippen molar-refractivity contribution in [3.63, 3.8) is 0 Å². The molecule has 1 N–H and O–H groups in total. The lowest BCUT2D eigenvalue weighted by Gasteiger charge is -2.16. The summed E-state index contributed by atoms with van der Waals surface area (Å²) in [4.78, 5) is 29.1. The molecule has 0 saturated heterocycles. The average Bonchev–Trinajstić information content (AvgIpc) is 2.59. The Labute approximate surface area is 139 Å². The van der Waals surface area contributed by atoms with Gasteiger partial charge in [-0.05, 0) is 17.7 Å². The Morgan fingerprint density at radius 3 is 2.52 bits per heavy atom. The third-order valence-corrected chi connectivity index (χ3v) is 3.38. The van der Waals surface area contributed by atoms with E-state index < -0.39 is 23.2 Å². The number of nitrogens with zero attached hydrogens (tertiary/aromatic N) is 2. The minimum atomic E-state index is -4.59. The van der Waals surface area contributed by atoms with E-state index in [4.69, 9.17) is 9.57 Å². The van der Waals surface area contributed by atoms with Crippen LogP contribution in [0.4, 0.5) is 13.2 Å². The molecule has 1 aromatic carbocycles. The number of amides is 1. The molecule has 0 saturated carbocycles. The topological polar surface area (TPSA) is 84.5 Å². The van der Waals surface area contributed by atoms with Crippen molar-refractivity contribution in [3.05, 3.63) is 45.9 Å². The van der Waals surface area contributed by atoms with Crippen molar-refractivity contribution in [2.75, 3.05) is 21.3 Å². The predicted molar refractivity (Wildman–Crippen MR) is 81.0 cm³/mol. The van der Waals surface area contributed by atoms with Gasteiger partial charge in [-0.2, -0.15) is 18.3 Å². The molecule has 0 fully saturated rings. The van der Waals surface area contributed by atoms with Crippen LogP contribution in [0.3, 0.4) is 0 Å². The first kappa shape index (κ1) is 18.5. The molecule has 0 radical (unpaired) electrons. The quantitative estimate of drug-likeness (QED) is 0.847. The van der Waals surface area contributed by atoms with E-state index in [0.29, 0.717) is 0 Å². The molecule has 0 unspecified atom stereocenters. The Hall–Kier alpha value is -2.88. The lowest BCUT2D eigenvalue weighted by Crippen LogP contribution is -2.29. The number of nitrogens with one attached hydrogen (secondary N) is 1. The van der Waals surface area contributed by atoms with Crippen molar-refractivity contribution in [2.45, 2.75) is 6.18 Å². The van der Waals surface area contributed by atoms with Crippen molar-refractivity contribution in [3.8, 4) is 16.9 Å². The number of alkyl halides is 3. The fourth-order valence-corrected chi connectivity index (χ4v) is 2.12. The first-order chi connectivity index (χ1) is 11.7. The molecule has 25 heavy (non-hydrogen) atoms. The summed E-state index contributed by atoms with van der Waals surface area (Å²) in [7, 11) is 3.72. The number of benzene rings is 1. The van der Waals surface area contributed by atoms with Gasteiger partial charge < -0.3 is 4.74 Å². The van der Waals surface area contributed by atoms with E-state index >= 15 is 0 Å². The molecule has 2 rings (SSSR count). The number of rotatable bonds is 4. The molecule has 134 valence electrons. The molecule has 1 aromatic heterocycles. The molecule has 7 nitrogen and oxygen atoms in total. The SMILES string of the molecule is COc1c(C(=O)N(C)OC)n[nH]c(=O)c1-c1cccc(C(F)(F)F)c1. The highest BCUT2D eigenvalue weighted by Crippen LogP contribution is 2.34. The lowest BCUT2D eigenvalue weighted by atomic mass is 10.0. The van der Waals surface area contributed by atoms with E-state index in [-0.39, 0.29) is 22.6 Å². The van der Waals surface area contributed by atoms with E-state index in [1.807, 2.05) is 0 Å². The van der Waals surface area contributed by atoms with Gasteiger partial charge in [-0.25, -0.2) is 10.2 Å². The smallest absolute Gasteiger partial charge is 0.416 e. The van der Waals surface area contributed by atoms with Gasteiger partial charge in [-0.15, -0.1) is 0 Å². The van der Waals surface area contributed by atoms with E-state index in [2.05, 4.69) is 10.2 Å². The van der Waals surface area contributed by atoms with Gasteiger partial charge in [0.05, 0.1) is 25.3 Å². The van der Waals surface area contributed by atoms with Crippen molar-refractivity contribution < 1.29 is 27.5 Å². The molecular weight excluding hydrogens is 343 g/mol. The molecule has 0 spiro atoms. The van der Waals surface area contributed by atoms with Crippen LogP contribution in [0, 0.1) is 0 Å². The van der Waals surface area contributed by atoms with Crippen LogP contribution < -0.4 is 10.3 Å². The van der Waals surface area contributed by atoms with Crippen LogP contribution >= 0.6 is 0 Å². The number of ether oxygens (including phenoxy) is 1. The second kappa shape index (κ2) is 6.93. The van der Waals surface area contributed by atoms with Crippen LogP contribution in [0.25, 0.3) is 11.1 Å². The number of hydrogen-bond acceptors (Lipinski definition) is 5. The number of halogens is 3. The first-order valence-electron chi connectivity index (χ1n) is 6.87. The highest BCUT2D eigenvalue weighted by Gasteiger charge is 2.31. The lowest BCUT2D eigenvalue weighted by molar-refractivity contribution is -0.137. The minimum Gasteiger partial charge on any atom is -0.493 e. The molecular formula is C15H14F3N3O4. The summed E-state index contributed by atoms with van der Waals surface area (Å²) in [5.74, 6) is -0.999. The van der Waals surface area contributed by atoms with Gasteiger partial charge in [0.2, 0.25) is 0 Å². The number of H-pyrrole nitrogens is 1. The van der Waals surface area contributed by atoms with Gasteiger partial charge in [0.1, 0.15) is 0 Å². The standard InChI is InChI=1S/C15H14F3N3O4/c1-21(25-3)14(23)11-12(24-2)10(13(22)20-19-11)8-5-4-6-9(7-8)15(16,17)18/h4-7H,1-3H3,(H,20,22). The zero-order chi connectivity index (χ0) is 18.8. The molecule has 1 heterocycles. The largest absolute Gasteiger partial charge is 0.493 e. The highest BCUT2D eigenvalue weighted by atomic mass is 19.4. The maximum absolute atomic E-state index is 12.9. The Morgan fingerprint density at radius 1 is 1.28 bits per heavy atom. The monoisotopic (exact) mass is 357 g/mol. The predicted octanol–water partition coefficient (Wildman–Crippen LogP) is 2.10. The summed E-state index contributed by atoms with van der Waals surface area (Å²) in [6, 6.07) is 4.12. The van der Waals surface area contributed by atoms with Crippen molar-refractivity contribution in [2.24, 2.45) is 0 Å². The van der Waals surface area contributed by atoms with Crippen LogP contribution in [0.1, 0.15) is 16.1 Å². The number of aromatic amines is 1. The van der Waals surface area contributed by atoms with Crippen LogP contribution in [-0.2, 0) is 11.0 Å². The van der Waals surface area contributed by atoms with E-state index in [1.54, 1.807) is 0 Å². The van der Waals surface area contributed by atoms with Gasteiger partial charge in [0.25, 0.3) is 5.56 Å². The number of hydrogen-bond donors (Lipinski definition) is 1. The molecule has 0 atom stereocenters. The summed E-state index contributed by atoms with van der Waals surface area (Å²) in [6.07, 6.45) is -4.59. The second-order valence-corrected chi connectivity index (χ2v) is 4.87. The third-order valence-electron chi connectivity index (χ3n) is 3.38. The van der Waals surface area contributed by atoms with Gasteiger partial charge in [-0.3, -0.25) is 14.4 Å². The Balaban J connectivity index is 2.70. The number of methoxy groups -OCH3 is 1. The summed E-state index contributed by atoms with van der Waals surface area (Å²) >= 11 is 0. The van der Waals surface area contributed by atoms with Crippen LogP contribution in [0.2, 0.25) is 0 Å². The summed E-state index contributed by atoms with van der Waals surface area (Å²) in [6.45, 7) is 0. The molecule has 10 heteroatoms. The van der Waals surface area contributed by atoms with Crippen LogP contribution in [0.15, 0.2) is 29.1 Å². The highest BCUT2D eigenvalue weighted by molar-refractivity contribution is 5.96. The van der Waals surface area contributed by atoms with E-state index in [1.165, 1.54) is 27.3 Å². The minimum absolute atomic E-state index is 0.0653. The zero-order valence-corrected chi connectivity index (χ0v) is 13.5.